The van der Waals surface area contributed by atoms with Gasteiger partial charge in [0.25, 0.3) is 0 Å². The summed E-state index contributed by atoms with van der Waals surface area (Å²) >= 11 is 0. The minimum Gasteiger partial charge on any atom is -0.394 e. The number of rotatable bonds is 32. The van der Waals surface area contributed by atoms with E-state index < -0.39 is 49.5 Å². The van der Waals surface area contributed by atoms with Crippen LogP contribution >= 0.6 is 0 Å². The van der Waals surface area contributed by atoms with Gasteiger partial charge in [-0.05, 0) is 70.6 Å². The smallest absolute Gasteiger partial charge is 0.220 e. The van der Waals surface area contributed by atoms with Crippen molar-refractivity contribution in [2.75, 3.05) is 13.2 Å². The Hall–Kier alpha value is -2.11. The number of ether oxygens (including phenoxy) is 2. The van der Waals surface area contributed by atoms with Crippen LogP contribution in [0.5, 0.6) is 0 Å². The van der Waals surface area contributed by atoms with E-state index in [4.69, 9.17) is 9.47 Å². The molecule has 1 heterocycles. The number of carbonyl (C=O) groups excluding carboxylic acids is 1. The summed E-state index contributed by atoms with van der Waals surface area (Å²) in [5.41, 5.74) is 0. The van der Waals surface area contributed by atoms with E-state index in [2.05, 4.69) is 67.8 Å². The first-order chi connectivity index (χ1) is 25.3. The molecule has 52 heavy (non-hydrogen) atoms. The van der Waals surface area contributed by atoms with Gasteiger partial charge in [-0.2, -0.15) is 0 Å². The second kappa shape index (κ2) is 33.5. The first-order valence-corrected chi connectivity index (χ1v) is 20.5. The topological polar surface area (TPSA) is 149 Å². The van der Waals surface area contributed by atoms with Crippen molar-refractivity contribution in [1.82, 2.24) is 5.32 Å². The molecule has 0 aromatic carbocycles. The van der Waals surface area contributed by atoms with Gasteiger partial charge in [-0.25, -0.2) is 0 Å². The van der Waals surface area contributed by atoms with Crippen LogP contribution in [0, 0.1) is 0 Å². The molecule has 9 heteroatoms. The third-order valence-electron chi connectivity index (χ3n) is 9.31. The predicted molar refractivity (Wildman–Crippen MR) is 212 cm³/mol. The Morgan fingerprint density at radius 1 is 0.654 bits per heavy atom. The van der Waals surface area contributed by atoms with Gasteiger partial charge < -0.3 is 40.3 Å². The number of amides is 1. The number of hydrogen-bond acceptors (Lipinski definition) is 8. The molecule has 0 bridgehead atoms. The number of allylic oxidation sites excluding steroid dienone is 9. The molecule has 1 saturated heterocycles. The van der Waals surface area contributed by atoms with Crippen molar-refractivity contribution < 1.29 is 39.8 Å². The van der Waals surface area contributed by atoms with Crippen molar-refractivity contribution >= 4 is 5.91 Å². The van der Waals surface area contributed by atoms with Crippen molar-refractivity contribution in [2.24, 2.45) is 0 Å². The molecule has 1 aliphatic rings. The Bertz CT molecular complexity index is 994. The fraction of sp³-hybridized carbons (Fsp3) is 0.744. The maximum atomic E-state index is 12.9. The van der Waals surface area contributed by atoms with Crippen molar-refractivity contribution in [3.8, 4) is 0 Å². The second-order valence-electron chi connectivity index (χ2n) is 14.1. The number of hydrogen-bond donors (Lipinski definition) is 6. The standard InChI is InChI=1S/C43H75NO8/c1-3-5-7-9-11-13-15-16-17-18-19-20-21-22-23-25-27-29-31-33-39(47)44-36(35-51-43-42(50)41(49)40(48)38(34-45)52-43)37(46)32-30-28-26-24-14-12-10-8-6-4-2/h11,13-14,16-17,19-20,24,30,32,36-38,40-43,45-46,48-50H,3-10,12,15,18,21-23,25-29,31,33-35H2,1-2H3,(H,44,47)/b13-11-,17-16-,20-19-,24-14+,32-30+. The summed E-state index contributed by atoms with van der Waals surface area (Å²) in [7, 11) is 0. The van der Waals surface area contributed by atoms with Gasteiger partial charge in [-0.3, -0.25) is 4.79 Å². The van der Waals surface area contributed by atoms with Crippen LogP contribution in [-0.4, -0.2) is 87.5 Å². The lowest BCUT2D eigenvalue weighted by Crippen LogP contribution is -2.60. The van der Waals surface area contributed by atoms with Gasteiger partial charge in [-0.1, -0.05) is 132 Å². The van der Waals surface area contributed by atoms with Crippen LogP contribution in [0.3, 0.4) is 0 Å². The average molecular weight is 734 g/mol. The highest BCUT2D eigenvalue weighted by Gasteiger charge is 2.44. The van der Waals surface area contributed by atoms with Gasteiger partial charge in [0, 0.05) is 6.42 Å². The molecule has 0 radical (unpaired) electrons. The van der Waals surface area contributed by atoms with Crippen LogP contribution in [0.2, 0.25) is 0 Å². The average Bonchev–Trinajstić information content (AvgIpc) is 3.14. The molecule has 7 atom stereocenters. The molecule has 0 spiro atoms. The fourth-order valence-corrected chi connectivity index (χ4v) is 5.94. The van der Waals surface area contributed by atoms with Gasteiger partial charge in [0.15, 0.2) is 6.29 Å². The van der Waals surface area contributed by atoms with E-state index in [9.17, 15) is 30.3 Å². The molecular weight excluding hydrogens is 658 g/mol. The largest absolute Gasteiger partial charge is 0.394 e. The molecule has 9 nitrogen and oxygen atoms in total. The molecule has 0 aromatic heterocycles. The Morgan fingerprint density at radius 2 is 1.15 bits per heavy atom. The molecule has 300 valence electrons. The van der Waals surface area contributed by atoms with E-state index in [-0.39, 0.29) is 12.5 Å². The molecule has 1 rings (SSSR count). The molecule has 0 aliphatic carbocycles. The molecule has 1 amide bonds. The zero-order valence-electron chi connectivity index (χ0n) is 32.5. The maximum Gasteiger partial charge on any atom is 0.220 e. The monoisotopic (exact) mass is 734 g/mol. The maximum absolute atomic E-state index is 12.9. The van der Waals surface area contributed by atoms with E-state index in [0.717, 1.165) is 70.6 Å². The SMILES string of the molecule is CCCCC/C=C\C/C=C\C/C=C\CCCCCCCCC(=O)NC(COC1OC(CO)C(O)C(O)C1O)C(O)/C=C/CC/C=C/CCCCCC. The summed E-state index contributed by atoms with van der Waals surface area (Å²) in [4.78, 5) is 12.9. The zero-order chi connectivity index (χ0) is 38.1. The molecule has 1 fully saturated rings. The quantitative estimate of drug-likeness (QED) is 0.0305. The third-order valence-corrected chi connectivity index (χ3v) is 9.31. The van der Waals surface area contributed by atoms with Crippen LogP contribution in [0.25, 0.3) is 0 Å². The lowest BCUT2D eigenvalue weighted by molar-refractivity contribution is -0.302. The van der Waals surface area contributed by atoms with Crippen molar-refractivity contribution in [2.45, 2.75) is 192 Å². The molecule has 0 aromatic rings. The van der Waals surface area contributed by atoms with Gasteiger partial charge >= 0.3 is 0 Å². The molecule has 7 unspecified atom stereocenters. The molecule has 6 N–H and O–H groups in total. The summed E-state index contributed by atoms with van der Waals surface area (Å²) < 4.78 is 11.1. The number of aliphatic hydroxyl groups excluding tert-OH is 5. The zero-order valence-corrected chi connectivity index (χ0v) is 32.5. The van der Waals surface area contributed by atoms with Crippen LogP contribution in [0.1, 0.15) is 149 Å². The Balaban J connectivity index is 2.41. The summed E-state index contributed by atoms with van der Waals surface area (Å²) in [6.45, 7) is 3.65. The summed E-state index contributed by atoms with van der Waals surface area (Å²) in [6, 6.07) is -0.828. The highest BCUT2D eigenvalue weighted by atomic mass is 16.7. The summed E-state index contributed by atoms with van der Waals surface area (Å²) in [5.74, 6) is -0.206. The van der Waals surface area contributed by atoms with Crippen LogP contribution in [0.15, 0.2) is 60.8 Å². The van der Waals surface area contributed by atoms with E-state index in [1.165, 1.54) is 57.8 Å². The Morgan fingerprint density at radius 3 is 1.79 bits per heavy atom. The number of carbonyl (C=O) groups is 1. The minimum absolute atomic E-state index is 0.206. The van der Waals surface area contributed by atoms with Crippen molar-refractivity contribution in [3.63, 3.8) is 0 Å². The lowest BCUT2D eigenvalue weighted by Gasteiger charge is -2.40. The predicted octanol–water partition coefficient (Wildman–Crippen LogP) is 7.66. The highest BCUT2D eigenvalue weighted by Crippen LogP contribution is 2.22. The van der Waals surface area contributed by atoms with Crippen molar-refractivity contribution in [1.29, 1.82) is 0 Å². The fourth-order valence-electron chi connectivity index (χ4n) is 5.94. The van der Waals surface area contributed by atoms with Crippen LogP contribution in [0.4, 0.5) is 0 Å². The van der Waals surface area contributed by atoms with Crippen LogP contribution < -0.4 is 5.32 Å². The Kier molecular flexibility index (Phi) is 30.8. The summed E-state index contributed by atoms with van der Waals surface area (Å²) in [5, 5.41) is 53.9. The highest BCUT2D eigenvalue weighted by molar-refractivity contribution is 5.76. The van der Waals surface area contributed by atoms with Crippen LogP contribution in [-0.2, 0) is 14.3 Å². The third kappa shape index (κ3) is 24.3. The molecule has 1 aliphatic heterocycles. The first-order valence-electron chi connectivity index (χ1n) is 20.5. The van der Waals surface area contributed by atoms with Gasteiger partial charge in [-0.15, -0.1) is 0 Å². The van der Waals surface area contributed by atoms with E-state index in [0.29, 0.717) is 6.42 Å². The van der Waals surface area contributed by atoms with Gasteiger partial charge in [0.05, 0.1) is 25.4 Å². The minimum atomic E-state index is -1.57. The second-order valence-corrected chi connectivity index (χ2v) is 14.1. The number of aliphatic hydroxyl groups is 5. The molecule has 0 saturated carbocycles. The van der Waals surface area contributed by atoms with Crippen molar-refractivity contribution in [3.05, 3.63) is 60.8 Å². The normalized spacial score (nSPS) is 22.5. The first kappa shape index (κ1) is 47.9. The van der Waals surface area contributed by atoms with E-state index >= 15 is 0 Å². The molecular formula is C43H75NO8. The van der Waals surface area contributed by atoms with Gasteiger partial charge in [0.1, 0.15) is 24.4 Å². The lowest BCUT2D eigenvalue weighted by atomic mass is 9.99. The number of nitrogens with one attached hydrogen (secondary N) is 1. The van der Waals surface area contributed by atoms with E-state index in [1.807, 2.05) is 6.08 Å². The number of unbranched alkanes of at least 4 members (excludes halogenated alkanes) is 14. The van der Waals surface area contributed by atoms with E-state index in [1.54, 1.807) is 6.08 Å². The van der Waals surface area contributed by atoms with Gasteiger partial charge in [0.2, 0.25) is 5.91 Å². The summed E-state index contributed by atoms with van der Waals surface area (Å²) in [6.07, 6.45) is 35.5. The Labute approximate surface area is 316 Å².